The maximum Gasteiger partial charge on any atom is 0.125 e. The average Bonchev–Trinajstić information content (AvgIpc) is 2.05. The number of hydrogen-bond acceptors (Lipinski definition) is 2. The summed E-state index contributed by atoms with van der Waals surface area (Å²) in [5.74, 6) is -0.265. The Morgan fingerprint density at radius 1 is 1.58 bits per heavy atom. The van der Waals surface area contributed by atoms with Gasteiger partial charge in [0.2, 0.25) is 0 Å². The van der Waals surface area contributed by atoms with Gasteiger partial charge in [-0.2, -0.15) is 0 Å². The van der Waals surface area contributed by atoms with E-state index in [1.54, 1.807) is 6.07 Å². The number of benzene rings is 1. The molecule has 1 rings (SSSR count). The first kappa shape index (κ1) is 8.71. The second-order valence-corrected chi connectivity index (χ2v) is 2.35. The van der Waals surface area contributed by atoms with Crippen LogP contribution >= 0.6 is 0 Å². The molecule has 0 radical (unpaired) electrons. The summed E-state index contributed by atoms with van der Waals surface area (Å²) in [5, 5.41) is 2.99. The third-order valence-electron chi connectivity index (χ3n) is 1.50. The van der Waals surface area contributed by atoms with Crippen LogP contribution in [0.25, 0.3) is 0 Å². The summed E-state index contributed by atoms with van der Waals surface area (Å²) in [5.41, 5.74) is 1.37. The Morgan fingerprint density at radius 3 is 2.92 bits per heavy atom. The van der Waals surface area contributed by atoms with Gasteiger partial charge in [0.05, 0.1) is 11.4 Å². The molecule has 0 atom stereocenters. The largest absolute Gasteiger partial charge is 0.383 e. The summed E-state index contributed by atoms with van der Waals surface area (Å²) in [6.07, 6.45) is 0. The van der Waals surface area contributed by atoms with E-state index in [0.29, 0.717) is 11.4 Å². The van der Waals surface area contributed by atoms with Gasteiger partial charge in [0.1, 0.15) is 5.82 Å². The first-order valence-corrected chi connectivity index (χ1v) is 3.78. The third-order valence-corrected chi connectivity index (χ3v) is 1.50. The zero-order valence-corrected chi connectivity index (χ0v) is 6.97. The SMILES string of the molecule is C=Nc1ccc(F)cc1NCC. The van der Waals surface area contributed by atoms with Gasteiger partial charge in [-0.15, -0.1) is 0 Å². The van der Waals surface area contributed by atoms with Crippen LogP contribution in [0, 0.1) is 5.82 Å². The highest BCUT2D eigenvalue weighted by Gasteiger charge is 1.99. The van der Waals surface area contributed by atoms with Crippen molar-refractivity contribution in [1.82, 2.24) is 0 Å². The van der Waals surface area contributed by atoms with Crippen molar-refractivity contribution >= 4 is 18.1 Å². The van der Waals surface area contributed by atoms with Gasteiger partial charge < -0.3 is 5.32 Å². The summed E-state index contributed by atoms with van der Waals surface area (Å²) < 4.78 is 12.7. The van der Waals surface area contributed by atoms with Crippen LogP contribution in [0.3, 0.4) is 0 Å². The molecule has 1 aromatic carbocycles. The lowest BCUT2D eigenvalue weighted by Crippen LogP contribution is -1.96. The Labute approximate surface area is 71.1 Å². The Hall–Kier alpha value is -1.38. The van der Waals surface area contributed by atoms with E-state index < -0.39 is 0 Å². The maximum atomic E-state index is 12.7. The Bertz CT molecular complexity index is 284. The van der Waals surface area contributed by atoms with Crippen molar-refractivity contribution in [2.75, 3.05) is 11.9 Å². The molecule has 3 heteroatoms. The summed E-state index contributed by atoms with van der Waals surface area (Å²) in [7, 11) is 0. The van der Waals surface area contributed by atoms with Crippen LogP contribution in [-0.4, -0.2) is 13.3 Å². The van der Waals surface area contributed by atoms with Gasteiger partial charge in [-0.3, -0.25) is 4.99 Å². The number of aliphatic imine (C=N–C) groups is 1. The zero-order chi connectivity index (χ0) is 8.97. The standard InChI is InChI=1S/C9H11FN2/c1-3-12-9-6-7(10)4-5-8(9)11-2/h4-6,12H,2-3H2,1H3. The highest BCUT2D eigenvalue weighted by molar-refractivity contribution is 5.67. The van der Waals surface area contributed by atoms with E-state index in [9.17, 15) is 4.39 Å². The van der Waals surface area contributed by atoms with Crippen LogP contribution in [0.1, 0.15) is 6.92 Å². The summed E-state index contributed by atoms with van der Waals surface area (Å²) in [4.78, 5) is 3.75. The van der Waals surface area contributed by atoms with E-state index >= 15 is 0 Å². The van der Waals surface area contributed by atoms with Crippen molar-refractivity contribution in [2.45, 2.75) is 6.92 Å². The van der Waals surface area contributed by atoms with Gasteiger partial charge in [0.25, 0.3) is 0 Å². The minimum atomic E-state index is -0.265. The number of halogens is 1. The molecule has 0 saturated heterocycles. The first-order chi connectivity index (χ1) is 5.77. The molecule has 0 bridgehead atoms. The number of anilines is 1. The first-order valence-electron chi connectivity index (χ1n) is 3.78. The summed E-state index contributed by atoms with van der Waals surface area (Å²) in [6.45, 7) is 6.08. The topological polar surface area (TPSA) is 24.4 Å². The molecule has 0 aliphatic carbocycles. The molecule has 0 aliphatic heterocycles. The number of nitrogens with one attached hydrogen (secondary N) is 1. The van der Waals surface area contributed by atoms with Gasteiger partial charge in [-0.1, -0.05) is 0 Å². The maximum absolute atomic E-state index is 12.7. The van der Waals surface area contributed by atoms with Crippen LogP contribution in [0.4, 0.5) is 15.8 Å². The van der Waals surface area contributed by atoms with E-state index in [4.69, 9.17) is 0 Å². The van der Waals surface area contributed by atoms with Crippen molar-refractivity contribution < 1.29 is 4.39 Å². The van der Waals surface area contributed by atoms with E-state index in [1.807, 2.05) is 6.92 Å². The zero-order valence-electron chi connectivity index (χ0n) is 6.97. The second kappa shape index (κ2) is 3.85. The average molecular weight is 166 g/mol. The number of rotatable bonds is 3. The van der Waals surface area contributed by atoms with E-state index in [1.165, 1.54) is 12.1 Å². The lowest BCUT2D eigenvalue weighted by Gasteiger charge is -2.05. The Morgan fingerprint density at radius 2 is 2.33 bits per heavy atom. The molecule has 0 fully saturated rings. The highest BCUT2D eigenvalue weighted by Crippen LogP contribution is 2.24. The molecular formula is C9H11FN2. The fourth-order valence-corrected chi connectivity index (χ4v) is 0.978. The molecule has 64 valence electrons. The fraction of sp³-hybridized carbons (Fsp3) is 0.222. The number of nitrogens with zero attached hydrogens (tertiary/aromatic N) is 1. The smallest absolute Gasteiger partial charge is 0.125 e. The van der Waals surface area contributed by atoms with Gasteiger partial charge in [-0.25, -0.2) is 4.39 Å². The van der Waals surface area contributed by atoms with Crippen molar-refractivity contribution in [2.24, 2.45) is 4.99 Å². The predicted molar refractivity (Wildman–Crippen MR) is 49.8 cm³/mol. The molecule has 0 spiro atoms. The minimum absolute atomic E-state index is 0.265. The van der Waals surface area contributed by atoms with Gasteiger partial charge in [0, 0.05) is 6.54 Å². The number of hydrogen-bond donors (Lipinski definition) is 1. The second-order valence-electron chi connectivity index (χ2n) is 2.35. The lowest BCUT2D eigenvalue weighted by atomic mass is 10.2. The molecule has 0 heterocycles. The molecule has 1 N–H and O–H groups in total. The lowest BCUT2D eigenvalue weighted by molar-refractivity contribution is 0.628. The molecule has 12 heavy (non-hydrogen) atoms. The monoisotopic (exact) mass is 166 g/mol. The third kappa shape index (κ3) is 1.81. The quantitative estimate of drug-likeness (QED) is 0.686. The van der Waals surface area contributed by atoms with E-state index in [2.05, 4.69) is 17.0 Å². The molecule has 2 nitrogen and oxygen atoms in total. The van der Waals surface area contributed by atoms with Gasteiger partial charge in [-0.05, 0) is 31.8 Å². The molecule has 0 aromatic heterocycles. The van der Waals surface area contributed by atoms with Crippen molar-refractivity contribution in [3.63, 3.8) is 0 Å². The van der Waals surface area contributed by atoms with E-state index in [-0.39, 0.29) is 5.82 Å². The van der Waals surface area contributed by atoms with Crippen LogP contribution in [0.15, 0.2) is 23.2 Å². The van der Waals surface area contributed by atoms with Crippen molar-refractivity contribution in [1.29, 1.82) is 0 Å². The highest BCUT2D eigenvalue weighted by atomic mass is 19.1. The van der Waals surface area contributed by atoms with Gasteiger partial charge in [0.15, 0.2) is 0 Å². The molecular weight excluding hydrogens is 155 g/mol. The molecule has 0 saturated carbocycles. The molecule has 1 aromatic rings. The minimum Gasteiger partial charge on any atom is -0.383 e. The van der Waals surface area contributed by atoms with Crippen LogP contribution in [0.5, 0.6) is 0 Å². The Balaban J connectivity index is 3.03. The van der Waals surface area contributed by atoms with Gasteiger partial charge >= 0.3 is 0 Å². The fourth-order valence-electron chi connectivity index (χ4n) is 0.978. The van der Waals surface area contributed by atoms with Crippen molar-refractivity contribution in [3.05, 3.63) is 24.0 Å². The van der Waals surface area contributed by atoms with Crippen LogP contribution in [-0.2, 0) is 0 Å². The summed E-state index contributed by atoms with van der Waals surface area (Å²) in [6, 6.07) is 4.37. The Kier molecular flexibility index (Phi) is 2.80. The van der Waals surface area contributed by atoms with Crippen LogP contribution < -0.4 is 5.32 Å². The van der Waals surface area contributed by atoms with E-state index in [0.717, 1.165) is 6.54 Å². The normalized spacial score (nSPS) is 9.50. The van der Waals surface area contributed by atoms with Crippen LogP contribution in [0.2, 0.25) is 0 Å². The molecule has 0 unspecified atom stereocenters. The summed E-state index contributed by atoms with van der Waals surface area (Å²) >= 11 is 0. The molecule has 0 amide bonds. The van der Waals surface area contributed by atoms with Crippen molar-refractivity contribution in [3.8, 4) is 0 Å². The predicted octanol–water partition coefficient (Wildman–Crippen LogP) is 2.59. The molecule has 0 aliphatic rings.